The van der Waals surface area contributed by atoms with Crippen LogP contribution in [0.25, 0.3) is 0 Å². The monoisotopic (exact) mass is 253 g/mol. The van der Waals surface area contributed by atoms with Crippen molar-refractivity contribution >= 4 is 5.91 Å². The minimum Gasteiger partial charge on any atom is -0.494 e. The summed E-state index contributed by atoms with van der Waals surface area (Å²) < 4.78 is 23.3. The first-order valence-corrected chi connectivity index (χ1v) is 5.90. The van der Waals surface area contributed by atoms with E-state index < -0.39 is 5.82 Å². The quantitative estimate of drug-likeness (QED) is 0.886. The number of carbonyl (C=O) groups is 1. The van der Waals surface area contributed by atoms with Gasteiger partial charge in [0.15, 0.2) is 11.6 Å². The molecule has 1 aliphatic rings. The lowest BCUT2D eigenvalue weighted by atomic mass is 10.1. The number of amides is 1. The Labute approximate surface area is 105 Å². The lowest BCUT2D eigenvalue weighted by Gasteiger charge is -2.10. The van der Waals surface area contributed by atoms with E-state index in [2.05, 4.69) is 5.32 Å². The molecule has 4 nitrogen and oxygen atoms in total. The normalized spacial score (nSPS) is 18.7. The first-order valence-electron chi connectivity index (χ1n) is 5.90. The third-order valence-corrected chi connectivity index (χ3v) is 2.99. The number of hydrogen-bond donors (Lipinski definition) is 1. The van der Waals surface area contributed by atoms with E-state index in [4.69, 9.17) is 9.47 Å². The molecule has 2 rings (SSSR count). The molecule has 0 radical (unpaired) electrons. The van der Waals surface area contributed by atoms with E-state index >= 15 is 0 Å². The molecule has 1 amide bonds. The van der Waals surface area contributed by atoms with Gasteiger partial charge in [0.05, 0.1) is 13.7 Å². The van der Waals surface area contributed by atoms with Crippen LogP contribution in [0.15, 0.2) is 18.2 Å². The smallest absolute Gasteiger partial charge is 0.251 e. The van der Waals surface area contributed by atoms with E-state index in [0.717, 1.165) is 13.0 Å². The maximum atomic E-state index is 13.2. The number of methoxy groups -OCH3 is 1. The third kappa shape index (κ3) is 2.98. The van der Waals surface area contributed by atoms with Gasteiger partial charge >= 0.3 is 0 Å². The Morgan fingerprint density at radius 1 is 1.61 bits per heavy atom. The molecule has 1 N–H and O–H groups in total. The Morgan fingerprint density at radius 2 is 2.44 bits per heavy atom. The molecule has 1 fully saturated rings. The van der Waals surface area contributed by atoms with Gasteiger partial charge in [-0.2, -0.15) is 0 Å². The van der Waals surface area contributed by atoms with Crippen molar-refractivity contribution in [2.24, 2.45) is 5.92 Å². The molecule has 1 heterocycles. The molecule has 0 unspecified atom stereocenters. The van der Waals surface area contributed by atoms with Gasteiger partial charge in [-0.1, -0.05) is 0 Å². The summed E-state index contributed by atoms with van der Waals surface area (Å²) in [7, 11) is 1.37. The van der Waals surface area contributed by atoms with E-state index in [1.807, 2.05) is 0 Å². The Bertz CT molecular complexity index is 430. The SMILES string of the molecule is COc1cc(C(=O)NC[C@H]2CCOC2)ccc1F. The highest BCUT2D eigenvalue weighted by molar-refractivity contribution is 5.94. The highest BCUT2D eigenvalue weighted by atomic mass is 19.1. The van der Waals surface area contributed by atoms with Crippen molar-refractivity contribution < 1.29 is 18.7 Å². The highest BCUT2D eigenvalue weighted by Crippen LogP contribution is 2.18. The summed E-state index contributed by atoms with van der Waals surface area (Å²) in [6, 6.07) is 4.07. The Morgan fingerprint density at radius 3 is 3.11 bits per heavy atom. The summed E-state index contributed by atoms with van der Waals surface area (Å²) in [5.41, 5.74) is 0.396. The molecule has 0 aliphatic carbocycles. The van der Waals surface area contributed by atoms with Crippen molar-refractivity contribution in [1.82, 2.24) is 5.32 Å². The second-order valence-electron chi connectivity index (χ2n) is 4.29. The number of halogens is 1. The minimum atomic E-state index is -0.474. The van der Waals surface area contributed by atoms with Gasteiger partial charge in [-0.3, -0.25) is 4.79 Å². The fourth-order valence-corrected chi connectivity index (χ4v) is 1.88. The molecule has 1 aromatic rings. The van der Waals surface area contributed by atoms with E-state index in [0.29, 0.717) is 24.6 Å². The Balaban J connectivity index is 1.95. The number of ether oxygens (including phenoxy) is 2. The van der Waals surface area contributed by atoms with Crippen molar-refractivity contribution in [2.75, 3.05) is 26.9 Å². The Kier molecular flexibility index (Phi) is 4.15. The van der Waals surface area contributed by atoms with Gasteiger partial charge < -0.3 is 14.8 Å². The van der Waals surface area contributed by atoms with Gasteiger partial charge in [0.1, 0.15) is 0 Å². The van der Waals surface area contributed by atoms with Gasteiger partial charge in [0.2, 0.25) is 0 Å². The molecule has 1 atom stereocenters. The fourth-order valence-electron chi connectivity index (χ4n) is 1.88. The number of rotatable bonds is 4. The van der Waals surface area contributed by atoms with Crippen LogP contribution in [-0.2, 0) is 4.74 Å². The Hall–Kier alpha value is -1.62. The second kappa shape index (κ2) is 5.82. The van der Waals surface area contributed by atoms with E-state index in [1.165, 1.54) is 25.3 Å². The standard InChI is InChI=1S/C13H16FNO3/c1-17-12-6-10(2-3-11(12)14)13(16)15-7-9-4-5-18-8-9/h2-3,6,9H,4-5,7-8H2,1H3,(H,15,16)/t9-/m1/s1. The molecule has 0 aromatic heterocycles. The fraction of sp³-hybridized carbons (Fsp3) is 0.462. The topological polar surface area (TPSA) is 47.6 Å². The van der Waals surface area contributed by atoms with Gasteiger partial charge in [-0.25, -0.2) is 4.39 Å². The van der Waals surface area contributed by atoms with Gasteiger partial charge in [-0.05, 0) is 24.6 Å². The molecule has 98 valence electrons. The largest absolute Gasteiger partial charge is 0.494 e. The van der Waals surface area contributed by atoms with Crippen LogP contribution in [0.4, 0.5) is 4.39 Å². The summed E-state index contributed by atoms with van der Waals surface area (Å²) >= 11 is 0. The second-order valence-corrected chi connectivity index (χ2v) is 4.29. The highest BCUT2D eigenvalue weighted by Gasteiger charge is 2.17. The zero-order valence-corrected chi connectivity index (χ0v) is 10.2. The summed E-state index contributed by atoms with van der Waals surface area (Å²) in [4.78, 5) is 11.9. The zero-order valence-electron chi connectivity index (χ0n) is 10.2. The van der Waals surface area contributed by atoms with Crippen molar-refractivity contribution in [3.63, 3.8) is 0 Å². The molecule has 1 aromatic carbocycles. The summed E-state index contributed by atoms with van der Waals surface area (Å²) in [6.07, 6.45) is 0.965. The molecule has 0 bridgehead atoms. The van der Waals surface area contributed by atoms with Crippen molar-refractivity contribution in [3.05, 3.63) is 29.6 Å². The third-order valence-electron chi connectivity index (χ3n) is 2.99. The maximum absolute atomic E-state index is 13.2. The van der Waals surface area contributed by atoms with Crippen LogP contribution >= 0.6 is 0 Å². The van der Waals surface area contributed by atoms with Crippen molar-refractivity contribution in [2.45, 2.75) is 6.42 Å². The summed E-state index contributed by atoms with van der Waals surface area (Å²) in [5.74, 6) is -0.249. The first-order chi connectivity index (χ1) is 8.70. The van der Waals surface area contributed by atoms with Crippen LogP contribution < -0.4 is 10.1 Å². The number of hydrogen-bond acceptors (Lipinski definition) is 3. The summed E-state index contributed by atoms with van der Waals surface area (Å²) in [6.45, 7) is 2.02. The predicted octanol–water partition coefficient (Wildman–Crippen LogP) is 1.60. The van der Waals surface area contributed by atoms with E-state index in [-0.39, 0.29) is 11.7 Å². The van der Waals surface area contributed by atoms with E-state index in [1.54, 1.807) is 0 Å². The van der Waals surface area contributed by atoms with E-state index in [9.17, 15) is 9.18 Å². The average molecular weight is 253 g/mol. The van der Waals surface area contributed by atoms with Crippen LogP contribution in [0, 0.1) is 11.7 Å². The van der Waals surface area contributed by atoms with Crippen LogP contribution in [0.3, 0.4) is 0 Å². The number of carbonyl (C=O) groups excluding carboxylic acids is 1. The van der Waals surface area contributed by atoms with Crippen LogP contribution in [0.5, 0.6) is 5.75 Å². The molecule has 1 saturated heterocycles. The van der Waals surface area contributed by atoms with Crippen molar-refractivity contribution in [3.8, 4) is 5.75 Å². The first kappa shape index (κ1) is 12.8. The minimum absolute atomic E-state index is 0.0758. The zero-order chi connectivity index (χ0) is 13.0. The predicted molar refractivity (Wildman–Crippen MR) is 64.2 cm³/mol. The van der Waals surface area contributed by atoms with Gasteiger partial charge in [-0.15, -0.1) is 0 Å². The molecule has 0 saturated carbocycles. The van der Waals surface area contributed by atoms with Crippen LogP contribution in [-0.4, -0.2) is 32.8 Å². The van der Waals surface area contributed by atoms with Crippen molar-refractivity contribution in [1.29, 1.82) is 0 Å². The summed E-state index contributed by atoms with van der Waals surface area (Å²) in [5, 5.41) is 2.81. The molecule has 0 spiro atoms. The number of nitrogens with one attached hydrogen (secondary N) is 1. The maximum Gasteiger partial charge on any atom is 0.251 e. The molecular formula is C13H16FNO3. The molecular weight excluding hydrogens is 237 g/mol. The average Bonchev–Trinajstić information content (AvgIpc) is 2.89. The lowest BCUT2D eigenvalue weighted by Crippen LogP contribution is -2.29. The molecule has 5 heteroatoms. The molecule has 18 heavy (non-hydrogen) atoms. The van der Waals surface area contributed by atoms with Crippen LogP contribution in [0.1, 0.15) is 16.8 Å². The van der Waals surface area contributed by atoms with Gasteiger partial charge in [0.25, 0.3) is 5.91 Å². The molecule has 1 aliphatic heterocycles. The van der Waals surface area contributed by atoms with Crippen LogP contribution in [0.2, 0.25) is 0 Å². The number of benzene rings is 1. The lowest BCUT2D eigenvalue weighted by molar-refractivity contribution is 0.0944. The van der Waals surface area contributed by atoms with Gasteiger partial charge in [0, 0.05) is 24.6 Å².